The van der Waals surface area contributed by atoms with Crippen molar-refractivity contribution in [2.75, 3.05) is 7.11 Å². The van der Waals surface area contributed by atoms with Gasteiger partial charge in [-0.2, -0.15) is 0 Å². The van der Waals surface area contributed by atoms with Crippen molar-refractivity contribution in [2.24, 2.45) is 17.8 Å². The second kappa shape index (κ2) is 8.53. The largest absolute Gasteiger partial charge is 0.465 e. The Kier molecular flexibility index (Phi) is 6.52. The lowest BCUT2D eigenvalue weighted by Gasteiger charge is -2.37. The number of fused-ring (bicyclic) bond motifs is 3. The Hall–Kier alpha value is -1.95. The zero-order chi connectivity index (χ0) is 23.1. The summed E-state index contributed by atoms with van der Waals surface area (Å²) < 4.78 is 17.5. The molecule has 5 nitrogen and oxygen atoms in total. The van der Waals surface area contributed by atoms with Crippen molar-refractivity contribution in [2.45, 2.75) is 59.4 Å². The third-order valence-electron chi connectivity index (χ3n) is 6.59. The van der Waals surface area contributed by atoms with Gasteiger partial charge in [0, 0.05) is 24.2 Å². The summed E-state index contributed by atoms with van der Waals surface area (Å²) in [4.78, 5) is 25.9. The third kappa shape index (κ3) is 3.99. The van der Waals surface area contributed by atoms with Gasteiger partial charge in [-0.15, -0.1) is 0 Å². The van der Waals surface area contributed by atoms with E-state index in [1.165, 1.54) is 14.0 Å². The van der Waals surface area contributed by atoms with Gasteiger partial charge in [0.25, 0.3) is 0 Å². The van der Waals surface area contributed by atoms with E-state index < -0.39 is 23.2 Å². The predicted molar refractivity (Wildman–Crippen MR) is 120 cm³/mol. The molecule has 1 fully saturated rings. The van der Waals surface area contributed by atoms with Gasteiger partial charge < -0.3 is 14.2 Å². The van der Waals surface area contributed by atoms with E-state index in [2.05, 4.69) is 19.9 Å². The summed E-state index contributed by atoms with van der Waals surface area (Å²) in [6, 6.07) is 0. The number of hydrogen-bond acceptors (Lipinski definition) is 5. The smallest absolute Gasteiger partial charge is 0.207 e. The lowest BCUT2D eigenvalue weighted by Crippen LogP contribution is -2.47. The standard InChI is InChI=1S/C25H31ClO5/c1-8-14(2)11-15(3)9-10-17-12-18-19(13-30-17)21-20(16(4)27)25(6,29-7)31-24(21,5)23(28)22(18)26/h9-14,20-21H,8H2,1-7H3/b10-9+,15-11+/t14-,20+,21+,24+,25+/m0/s1. The zero-order valence-electron chi connectivity index (χ0n) is 19.2. The fourth-order valence-electron chi connectivity index (χ4n) is 4.75. The van der Waals surface area contributed by atoms with Crippen LogP contribution < -0.4 is 0 Å². The second-order valence-corrected chi connectivity index (χ2v) is 9.30. The van der Waals surface area contributed by atoms with Crippen LogP contribution in [0.5, 0.6) is 0 Å². The van der Waals surface area contributed by atoms with Gasteiger partial charge >= 0.3 is 0 Å². The van der Waals surface area contributed by atoms with E-state index in [0.717, 1.165) is 12.0 Å². The number of rotatable bonds is 6. The topological polar surface area (TPSA) is 61.8 Å². The van der Waals surface area contributed by atoms with Crippen molar-refractivity contribution in [1.29, 1.82) is 0 Å². The van der Waals surface area contributed by atoms with E-state index >= 15 is 0 Å². The molecule has 0 spiro atoms. The lowest BCUT2D eigenvalue weighted by atomic mass is 9.66. The molecule has 3 aliphatic rings. The Morgan fingerprint density at radius 3 is 2.61 bits per heavy atom. The van der Waals surface area contributed by atoms with E-state index in [9.17, 15) is 9.59 Å². The molecule has 5 atom stereocenters. The van der Waals surface area contributed by atoms with Crippen LogP contribution in [0.3, 0.4) is 0 Å². The van der Waals surface area contributed by atoms with Crippen molar-refractivity contribution in [3.63, 3.8) is 0 Å². The molecule has 0 amide bonds. The maximum absolute atomic E-state index is 13.3. The van der Waals surface area contributed by atoms with Gasteiger partial charge in [-0.1, -0.05) is 49.6 Å². The molecule has 0 bridgehead atoms. The van der Waals surface area contributed by atoms with Gasteiger partial charge in [0.2, 0.25) is 5.78 Å². The highest BCUT2D eigenvalue weighted by atomic mass is 35.5. The number of carbonyl (C=O) groups excluding carboxylic acids is 2. The molecule has 0 aromatic rings. The highest BCUT2D eigenvalue weighted by Gasteiger charge is 2.67. The van der Waals surface area contributed by atoms with Gasteiger partial charge in [-0.25, -0.2) is 0 Å². The second-order valence-electron chi connectivity index (χ2n) is 8.92. The molecule has 6 heteroatoms. The summed E-state index contributed by atoms with van der Waals surface area (Å²) in [6.45, 7) is 11.2. The van der Waals surface area contributed by atoms with Crippen LogP contribution in [0, 0.1) is 17.8 Å². The molecule has 0 aromatic carbocycles. The molecule has 1 saturated heterocycles. The maximum atomic E-state index is 13.3. The number of Topliss-reactive ketones (excluding diaryl/α,β-unsaturated/α-hetero) is 2. The number of carbonyl (C=O) groups is 2. The van der Waals surface area contributed by atoms with Crippen LogP contribution in [0.2, 0.25) is 0 Å². The first-order valence-corrected chi connectivity index (χ1v) is 11.0. The third-order valence-corrected chi connectivity index (χ3v) is 6.97. The van der Waals surface area contributed by atoms with E-state index in [1.807, 2.05) is 19.1 Å². The summed E-state index contributed by atoms with van der Waals surface area (Å²) >= 11 is 6.52. The predicted octanol–water partition coefficient (Wildman–Crippen LogP) is 5.38. The van der Waals surface area contributed by atoms with E-state index in [-0.39, 0.29) is 16.6 Å². The Bertz CT molecular complexity index is 953. The zero-order valence-corrected chi connectivity index (χ0v) is 20.0. The number of hydrogen-bond donors (Lipinski definition) is 0. The molecule has 2 aliphatic heterocycles. The first-order chi connectivity index (χ1) is 14.5. The quantitative estimate of drug-likeness (QED) is 0.512. The van der Waals surface area contributed by atoms with Crippen LogP contribution in [-0.4, -0.2) is 30.1 Å². The van der Waals surface area contributed by atoms with Crippen molar-refractivity contribution < 1.29 is 23.8 Å². The number of methoxy groups -OCH3 is 1. The molecule has 2 heterocycles. The average molecular weight is 447 g/mol. The summed E-state index contributed by atoms with van der Waals surface area (Å²) in [5.41, 5.74) is 1.06. The maximum Gasteiger partial charge on any atom is 0.207 e. The molecule has 168 valence electrons. The van der Waals surface area contributed by atoms with E-state index in [4.69, 9.17) is 25.8 Å². The molecule has 0 N–H and O–H groups in total. The van der Waals surface area contributed by atoms with Crippen LogP contribution >= 0.6 is 11.6 Å². The van der Waals surface area contributed by atoms with Gasteiger partial charge in [-0.3, -0.25) is 9.59 Å². The number of halogens is 1. The Balaban J connectivity index is 2.01. The van der Waals surface area contributed by atoms with Crippen LogP contribution in [0.15, 0.2) is 58.1 Å². The Labute approximate surface area is 189 Å². The van der Waals surface area contributed by atoms with Crippen LogP contribution in [-0.2, 0) is 23.8 Å². The normalized spacial score (nSPS) is 34.2. The average Bonchev–Trinajstić information content (AvgIpc) is 2.99. The molecule has 0 radical (unpaired) electrons. The number of allylic oxidation sites excluding steroid dienone is 6. The minimum atomic E-state index is -1.31. The minimum Gasteiger partial charge on any atom is -0.465 e. The monoisotopic (exact) mass is 446 g/mol. The van der Waals surface area contributed by atoms with Crippen molar-refractivity contribution in [1.82, 2.24) is 0 Å². The molecule has 31 heavy (non-hydrogen) atoms. The highest BCUT2D eigenvalue weighted by molar-refractivity contribution is 6.45. The Morgan fingerprint density at radius 1 is 1.35 bits per heavy atom. The van der Waals surface area contributed by atoms with Crippen molar-refractivity contribution >= 4 is 23.2 Å². The summed E-state index contributed by atoms with van der Waals surface area (Å²) in [6.07, 6.45) is 10.4. The number of ketones is 2. The molecule has 3 rings (SSSR count). The molecule has 0 unspecified atom stereocenters. The first kappa shape index (κ1) is 23.7. The van der Waals surface area contributed by atoms with Gasteiger partial charge in [0.05, 0.1) is 17.2 Å². The minimum absolute atomic E-state index is 0.0775. The Morgan fingerprint density at radius 2 is 2.03 bits per heavy atom. The van der Waals surface area contributed by atoms with Gasteiger partial charge in [0.1, 0.15) is 17.1 Å². The molecular weight excluding hydrogens is 416 g/mol. The summed E-state index contributed by atoms with van der Waals surface area (Å²) in [5.74, 6) is -1.89. The molecule has 0 aromatic heterocycles. The summed E-state index contributed by atoms with van der Waals surface area (Å²) in [5, 5.41) is 0.0775. The van der Waals surface area contributed by atoms with Gasteiger partial charge in [-0.05, 0) is 45.8 Å². The van der Waals surface area contributed by atoms with Crippen LogP contribution in [0.25, 0.3) is 0 Å². The van der Waals surface area contributed by atoms with E-state index in [0.29, 0.717) is 22.8 Å². The van der Waals surface area contributed by atoms with Crippen LogP contribution in [0.4, 0.5) is 0 Å². The summed E-state index contributed by atoms with van der Waals surface area (Å²) in [7, 11) is 1.47. The molecular formula is C25H31ClO5. The highest BCUT2D eigenvalue weighted by Crippen LogP contribution is 2.57. The fraction of sp³-hybridized carbons (Fsp3) is 0.520. The van der Waals surface area contributed by atoms with Crippen molar-refractivity contribution in [3.05, 3.63) is 58.1 Å². The SMILES string of the molecule is CC[C@H](C)/C=C(C)/C=C/C1=CC2=C(Cl)C(=O)[C@]3(C)O[C@@](C)(OC)[C@H](C(C)=O)[C@H]3C2=CO1. The van der Waals surface area contributed by atoms with Gasteiger partial charge in [0.15, 0.2) is 5.79 Å². The number of ether oxygens (including phenoxy) is 3. The fourth-order valence-corrected chi connectivity index (χ4v) is 5.11. The first-order valence-electron chi connectivity index (χ1n) is 10.6. The molecule has 1 aliphatic carbocycles. The van der Waals surface area contributed by atoms with E-state index in [1.54, 1.807) is 26.2 Å². The van der Waals surface area contributed by atoms with Crippen molar-refractivity contribution in [3.8, 4) is 0 Å². The van der Waals surface area contributed by atoms with Crippen LogP contribution in [0.1, 0.15) is 48.0 Å². The lowest BCUT2D eigenvalue weighted by molar-refractivity contribution is -0.233. The molecule has 0 saturated carbocycles.